The molecular weight excluding hydrogens is 1190 g/mol. The van der Waals surface area contributed by atoms with Crippen molar-refractivity contribution in [3.05, 3.63) is 350 Å². The molecule has 0 aliphatic heterocycles. The van der Waals surface area contributed by atoms with Crippen molar-refractivity contribution in [3.63, 3.8) is 0 Å². The first-order valence-electron chi connectivity index (χ1n) is 32.4. The van der Waals surface area contributed by atoms with Crippen LogP contribution in [-0.2, 0) is 0 Å². The van der Waals surface area contributed by atoms with Crippen LogP contribution in [0.5, 0.6) is 0 Å². The molecule has 0 saturated heterocycles. The Balaban J connectivity index is 0.949. The predicted octanol–water partition coefficient (Wildman–Crippen LogP) is 23.0. The largest absolute Gasteiger partial charge is 0.309 e. The van der Waals surface area contributed by atoms with E-state index in [2.05, 4.69) is 232 Å². The molecule has 0 N–H and O–H groups in total. The molecule has 0 atom stereocenters. The van der Waals surface area contributed by atoms with E-state index in [4.69, 9.17) is 21.5 Å². The third-order valence-corrected chi connectivity index (χ3v) is 18.7. The maximum absolute atomic E-state index is 10.5. The molecule has 0 unspecified atom stereocenters. The van der Waals surface area contributed by atoms with E-state index in [1.165, 1.54) is 0 Å². The molecule has 14 aromatic carbocycles. The summed E-state index contributed by atoms with van der Waals surface area (Å²) in [6, 6.07) is 118. The van der Waals surface area contributed by atoms with Crippen molar-refractivity contribution in [2.75, 3.05) is 0 Å². The topological polar surface area (TPSA) is 100 Å². The second kappa shape index (κ2) is 24.6. The molecule has 454 valence electrons. The Labute approximate surface area is 566 Å². The van der Waals surface area contributed by atoms with Crippen LogP contribution in [0.3, 0.4) is 0 Å². The lowest BCUT2D eigenvalue weighted by Crippen LogP contribution is -2.04. The van der Waals surface area contributed by atoms with Crippen LogP contribution in [0.25, 0.3) is 172 Å². The van der Waals surface area contributed by atoms with E-state index < -0.39 is 0 Å². The van der Waals surface area contributed by atoms with Gasteiger partial charge in [-0.1, -0.05) is 224 Å². The van der Waals surface area contributed by atoms with Crippen molar-refractivity contribution in [1.29, 1.82) is 10.5 Å². The van der Waals surface area contributed by atoms with Gasteiger partial charge in [0.25, 0.3) is 0 Å². The zero-order valence-corrected chi connectivity index (χ0v) is 52.8. The minimum Gasteiger partial charge on any atom is -0.309 e. The Hall–Kier alpha value is -13.8. The molecule has 0 aliphatic carbocycles. The van der Waals surface area contributed by atoms with E-state index in [1.807, 2.05) is 121 Å². The number of nitrogens with zero attached hydrogens (tertiary/aromatic N) is 8. The number of aromatic nitrogens is 5. The smallest absolute Gasteiger partial charge is 0.187 e. The first-order chi connectivity index (χ1) is 48.4. The highest BCUT2D eigenvalue weighted by Gasteiger charge is 2.25. The molecule has 0 fully saturated rings. The van der Waals surface area contributed by atoms with Gasteiger partial charge in [-0.3, -0.25) is 0 Å². The van der Waals surface area contributed by atoms with Gasteiger partial charge in [0.15, 0.2) is 23.2 Å². The second-order valence-electron chi connectivity index (χ2n) is 24.4. The normalized spacial score (nSPS) is 11.2. The molecule has 0 spiro atoms. The summed E-state index contributed by atoms with van der Waals surface area (Å²) in [5.41, 5.74) is 23.3. The molecule has 0 saturated carbocycles. The highest BCUT2D eigenvalue weighted by molar-refractivity contribution is 6.13. The van der Waals surface area contributed by atoms with Crippen LogP contribution in [0, 0.1) is 29.2 Å². The lowest BCUT2D eigenvalue weighted by Gasteiger charge is -2.18. The minimum absolute atomic E-state index is 0.383. The maximum atomic E-state index is 10.5. The van der Waals surface area contributed by atoms with Gasteiger partial charge in [0.2, 0.25) is 0 Å². The van der Waals surface area contributed by atoms with Crippen molar-refractivity contribution in [1.82, 2.24) is 24.1 Å². The molecular formula is C90H54N8. The maximum Gasteiger partial charge on any atom is 0.187 e. The summed E-state index contributed by atoms with van der Waals surface area (Å²) in [6.07, 6.45) is 0. The van der Waals surface area contributed by atoms with E-state index in [-0.39, 0.29) is 0 Å². The van der Waals surface area contributed by atoms with Crippen LogP contribution in [-0.4, -0.2) is 24.1 Å². The van der Waals surface area contributed by atoms with Gasteiger partial charge in [-0.2, -0.15) is 10.5 Å². The number of rotatable bonds is 12. The Morgan fingerprint density at radius 2 is 0.571 bits per heavy atom. The Bertz CT molecular complexity index is 5630. The number of hydrogen-bond donors (Lipinski definition) is 0. The molecule has 0 radical (unpaired) electrons. The molecule has 0 bridgehead atoms. The van der Waals surface area contributed by atoms with Crippen molar-refractivity contribution < 1.29 is 0 Å². The summed E-state index contributed by atoms with van der Waals surface area (Å²) in [4.78, 5) is 20.9. The van der Waals surface area contributed by atoms with Crippen LogP contribution in [0.15, 0.2) is 328 Å². The number of benzene rings is 14. The van der Waals surface area contributed by atoms with Gasteiger partial charge >= 0.3 is 0 Å². The zero-order chi connectivity index (χ0) is 65.6. The van der Waals surface area contributed by atoms with Gasteiger partial charge in [-0.05, 0) is 181 Å². The van der Waals surface area contributed by atoms with Gasteiger partial charge in [0.05, 0.1) is 51.9 Å². The van der Waals surface area contributed by atoms with E-state index >= 15 is 0 Å². The van der Waals surface area contributed by atoms with Crippen LogP contribution in [0.2, 0.25) is 0 Å². The molecule has 98 heavy (non-hydrogen) atoms. The summed E-state index contributed by atoms with van der Waals surface area (Å²) in [5, 5.41) is 25.1. The van der Waals surface area contributed by atoms with Crippen molar-refractivity contribution >= 4 is 49.3 Å². The molecule has 8 heteroatoms. The van der Waals surface area contributed by atoms with Crippen LogP contribution in [0.1, 0.15) is 11.1 Å². The standard InChI is InChI=1S/C90H54N8/c1-93-71-32-18-31-70(49-71)76-42-40-73(98-86-45-37-66(62-25-10-4-11-26-62)52-80(86)81-53-67(38-46-87(81)98)63-27-12-5-13-28-63)55-83(76)90-95-88(77-34-15-14-33-74(77)68-29-16-19-58(47-68)56-91)94-89(96-90)82-54-72(39-41-75(82)69-30-17-20-59(48-69)57-92)97-84-43-35-64(60-21-6-2-7-22-60)50-78(84)79-51-65(36-44-85(79)97)61-23-8-3-9-24-61/h2-55H. The number of hydrogen-bond acceptors (Lipinski definition) is 5. The van der Waals surface area contributed by atoms with E-state index in [1.54, 1.807) is 0 Å². The van der Waals surface area contributed by atoms with Crippen molar-refractivity contribution in [3.8, 4) is 136 Å². The minimum atomic E-state index is 0.383. The molecule has 3 heterocycles. The van der Waals surface area contributed by atoms with Crippen LogP contribution in [0.4, 0.5) is 5.69 Å². The van der Waals surface area contributed by atoms with Gasteiger partial charge in [-0.25, -0.2) is 19.8 Å². The predicted molar refractivity (Wildman–Crippen MR) is 399 cm³/mol. The average Bonchev–Trinajstić information content (AvgIpc) is 1.55. The fourth-order valence-corrected chi connectivity index (χ4v) is 14.0. The van der Waals surface area contributed by atoms with E-state index in [0.29, 0.717) is 45.4 Å². The first kappa shape index (κ1) is 58.0. The summed E-state index contributed by atoms with van der Waals surface area (Å²) >= 11 is 0. The molecule has 17 aromatic rings. The molecule has 0 aliphatic rings. The summed E-state index contributed by atoms with van der Waals surface area (Å²) in [5.74, 6) is 1.16. The first-order valence-corrected chi connectivity index (χ1v) is 32.4. The van der Waals surface area contributed by atoms with Gasteiger partial charge in [0.1, 0.15) is 0 Å². The molecule has 3 aromatic heterocycles. The Morgan fingerprint density at radius 1 is 0.255 bits per heavy atom. The monoisotopic (exact) mass is 1250 g/mol. The van der Waals surface area contributed by atoms with Crippen molar-refractivity contribution in [2.45, 2.75) is 0 Å². The molecule has 0 amide bonds. The van der Waals surface area contributed by atoms with Gasteiger partial charge in [-0.15, -0.1) is 0 Å². The van der Waals surface area contributed by atoms with E-state index in [0.717, 1.165) is 138 Å². The lowest BCUT2D eigenvalue weighted by molar-refractivity contribution is 1.07. The SMILES string of the molecule is [C-]#[N+]c1cccc(-c2ccc(-n3c4ccc(-c5ccccc5)cc4c4cc(-c5ccccc5)ccc43)cc2-c2nc(-c3ccccc3-c3cccc(C#N)c3)nc(-c3cc(-n4c5ccc(-c6ccccc6)cc5c5cc(-c6ccccc6)ccc54)ccc3-c3cccc(C#N)c3)n2)c1. The highest BCUT2D eigenvalue weighted by Crippen LogP contribution is 2.45. The summed E-state index contributed by atoms with van der Waals surface area (Å²) < 4.78 is 4.66. The zero-order valence-electron chi connectivity index (χ0n) is 52.8. The third kappa shape index (κ3) is 10.5. The van der Waals surface area contributed by atoms with Gasteiger partial charge < -0.3 is 9.13 Å². The Kier molecular flexibility index (Phi) is 14.5. The van der Waals surface area contributed by atoms with Crippen LogP contribution >= 0.6 is 0 Å². The highest BCUT2D eigenvalue weighted by atomic mass is 15.0. The third-order valence-electron chi connectivity index (χ3n) is 18.7. The quantitative estimate of drug-likeness (QED) is 0.113. The van der Waals surface area contributed by atoms with E-state index in [9.17, 15) is 10.5 Å². The molecule has 8 nitrogen and oxygen atoms in total. The lowest BCUT2D eigenvalue weighted by atomic mass is 9.95. The van der Waals surface area contributed by atoms with Gasteiger partial charge in [0, 0.05) is 49.6 Å². The number of nitriles is 2. The second-order valence-corrected chi connectivity index (χ2v) is 24.4. The summed E-state index contributed by atoms with van der Waals surface area (Å²) in [7, 11) is 0. The van der Waals surface area contributed by atoms with Crippen LogP contribution < -0.4 is 0 Å². The fourth-order valence-electron chi connectivity index (χ4n) is 14.0. The molecule has 17 rings (SSSR count). The van der Waals surface area contributed by atoms with Crippen molar-refractivity contribution in [2.24, 2.45) is 0 Å². The number of fused-ring (bicyclic) bond motifs is 6. The Morgan fingerprint density at radius 3 is 0.939 bits per heavy atom. The average molecular weight is 1250 g/mol. The fraction of sp³-hybridized carbons (Fsp3) is 0. The summed E-state index contributed by atoms with van der Waals surface area (Å²) in [6.45, 7) is 8.22.